The van der Waals surface area contributed by atoms with Gasteiger partial charge in [-0.15, -0.1) is 11.3 Å². The van der Waals surface area contributed by atoms with E-state index < -0.39 is 9.84 Å². The maximum Gasteiger partial charge on any atom is 0.150 e. The van der Waals surface area contributed by atoms with Crippen LogP contribution >= 0.6 is 11.3 Å². The summed E-state index contributed by atoms with van der Waals surface area (Å²) in [4.78, 5) is 1.25. The number of thiophene rings is 1. The van der Waals surface area contributed by atoms with Crippen molar-refractivity contribution >= 4 is 21.2 Å². The highest BCUT2D eigenvalue weighted by atomic mass is 32.2. The first-order valence-electron chi connectivity index (χ1n) is 5.59. The number of nitrogens with one attached hydrogen (secondary N) is 1. The van der Waals surface area contributed by atoms with E-state index >= 15 is 0 Å². The Kier molecular flexibility index (Phi) is 3.66. The van der Waals surface area contributed by atoms with E-state index in [1.54, 1.807) is 11.3 Å². The van der Waals surface area contributed by atoms with Crippen LogP contribution in [0.1, 0.15) is 24.3 Å². The normalized spacial score (nSPS) is 25.7. The van der Waals surface area contributed by atoms with Crippen molar-refractivity contribution in [3.05, 3.63) is 22.4 Å². The summed E-state index contributed by atoms with van der Waals surface area (Å²) < 4.78 is 23.0. The lowest BCUT2D eigenvalue weighted by Gasteiger charge is -2.22. The van der Waals surface area contributed by atoms with Crippen LogP contribution in [0.4, 0.5) is 0 Å². The molecule has 5 heteroatoms. The van der Waals surface area contributed by atoms with Gasteiger partial charge in [0.25, 0.3) is 0 Å². The van der Waals surface area contributed by atoms with E-state index in [2.05, 4.69) is 18.3 Å². The van der Waals surface area contributed by atoms with Crippen LogP contribution in [0.15, 0.2) is 17.5 Å². The van der Waals surface area contributed by atoms with Crippen molar-refractivity contribution in [1.29, 1.82) is 0 Å². The van der Waals surface area contributed by atoms with Crippen LogP contribution in [0.25, 0.3) is 0 Å². The minimum Gasteiger partial charge on any atom is -0.309 e. The highest BCUT2D eigenvalue weighted by molar-refractivity contribution is 7.91. The second-order valence-electron chi connectivity index (χ2n) is 4.21. The maximum absolute atomic E-state index is 11.5. The Morgan fingerprint density at radius 1 is 1.62 bits per heavy atom. The fraction of sp³-hybridized carbons (Fsp3) is 0.636. The van der Waals surface area contributed by atoms with Gasteiger partial charge in [-0.2, -0.15) is 0 Å². The third kappa shape index (κ3) is 2.64. The third-order valence-electron chi connectivity index (χ3n) is 3.01. The molecule has 0 bridgehead atoms. The summed E-state index contributed by atoms with van der Waals surface area (Å²) in [6, 6.07) is 4.32. The molecule has 0 radical (unpaired) electrons. The Hall–Kier alpha value is -0.390. The second kappa shape index (κ2) is 4.85. The van der Waals surface area contributed by atoms with Crippen molar-refractivity contribution in [2.45, 2.75) is 19.4 Å². The van der Waals surface area contributed by atoms with Gasteiger partial charge >= 0.3 is 0 Å². The zero-order valence-electron chi connectivity index (χ0n) is 9.35. The first-order chi connectivity index (χ1) is 7.62. The summed E-state index contributed by atoms with van der Waals surface area (Å²) in [6.07, 6.45) is 0.790. The van der Waals surface area contributed by atoms with Crippen molar-refractivity contribution in [3.8, 4) is 0 Å². The summed E-state index contributed by atoms with van der Waals surface area (Å²) in [5, 5.41) is 5.46. The predicted octanol–water partition coefficient (Wildman–Crippen LogP) is 1.83. The first-order valence-corrected chi connectivity index (χ1v) is 8.29. The molecule has 3 nitrogen and oxygen atoms in total. The van der Waals surface area contributed by atoms with Gasteiger partial charge in [-0.25, -0.2) is 8.42 Å². The maximum atomic E-state index is 11.5. The Bertz CT molecular complexity index is 425. The van der Waals surface area contributed by atoms with Crippen LogP contribution in [0.2, 0.25) is 0 Å². The number of hydrogen-bond acceptors (Lipinski definition) is 4. The molecule has 1 aromatic rings. The van der Waals surface area contributed by atoms with Gasteiger partial charge in [0, 0.05) is 10.9 Å². The van der Waals surface area contributed by atoms with Crippen molar-refractivity contribution < 1.29 is 8.42 Å². The molecule has 90 valence electrons. The van der Waals surface area contributed by atoms with Crippen LogP contribution < -0.4 is 5.32 Å². The zero-order valence-corrected chi connectivity index (χ0v) is 11.0. The fourth-order valence-corrected chi connectivity index (χ4v) is 5.01. The van der Waals surface area contributed by atoms with E-state index in [9.17, 15) is 8.42 Å². The van der Waals surface area contributed by atoms with E-state index in [1.165, 1.54) is 4.88 Å². The molecule has 0 spiro atoms. The quantitative estimate of drug-likeness (QED) is 0.897. The summed E-state index contributed by atoms with van der Waals surface area (Å²) in [5.74, 6) is 0.927. The highest BCUT2D eigenvalue weighted by Gasteiger charge is 2.34. The van der Waals surface area contributed by atoms with E-state index in [0.29, 0.717) is 11.5 Å². The minimum absolute atomic E-state index is 0.210. The summed E-state index contributed by atoms with van der Waals surface area (Å²) >= 11 is 1.70. The van der Waals surface area contributed by atoms with E-state index in [1.807, 2.05) is 11.4 Å². The SMILES string of the molecule is CCNC(c1cccs1)C1CCS(=O)(=O)C1. The molecule has 0 amide bonds. The predicted molar refractivity (Wildman–Crippen MR) is 67.5 cm³/mol. The molecular weight excluding hydrogens is 242 g/mol. The lowest BCUT2D eigenvalue weighted by Crippen LogP contribution is -2.28. The molecule has 0 aromatic carbocycles. The molecule has 2 heterocycles. The largest absolute Gasteiger partial charge is 0.309 e. The minimum atomic E-state index is -2.79. The van der Waals surface area contributed by atoms with Crippen LogP contribution in [-0.2, 0) is 9.84 Å². The standard InChI is InChI=1S/C11H17NO2S2/c1-2-12-11(10-4-3-6-15-10)9-5-7-16(13,14)8-9/h3-4,6,9,11-12H,2,5,7-8H2,1H3. The van der Waals surface area contributed by atoms with E-state index in [-0.39, 0.29) is 12.0 Å². The molecule has 2 unspecified atom stereocenters. The van der Waals surface area contributed by atoms with Crippen molar-refractivity contribution in [2.24, 2.45) is 5.92 Å². The highest BCUT2D eigenvalue weighted by Crippen LogP contribution is 2.33. The Balaban J connectivity index is 2.15. The molecule has 1 fully saturated rings. The van der Waals surface area contributed by atoms with Gasteiger partial charge in [0.05, 0.1) is 11.5 Å². The zero-order chi connectivity index (χ0) is 11.6. The molecule has 0 aliphatic carbocycles. The van der Waals surface area contributed by atoms with Gasteiger partial charge in [-0.05, 0) is 30.3 Å². The molecule has 1 aliphatic heterocycles. The van der Waals surface area contributed by atoms with Gasteiger partial charge < -0.3 is 5.32 Å². The average Bonchev–Trinajstić information content (AvgIpc) is 2.83. The third-order valence-corrected chi connectivity index (χ3v) is 5.76. The summed E-state index contributed by atoms with van der Waals surface area (Å²) in [7, 11) is -2.79. The van der Waals surface area contributed by atoms with Crippen molar-refractivity contribution in [1.82, 2.24) is 5.32 Å². The Morgan fingerprint density at radius 2 is 2.44 bits per heavy atom. The molecule has 1 N–H and O–H groups in total. The lowest BCUT2D eigenvalue weighted by atomic mass is 9.98. The molecular formula is C11H17NO2S2. The topological polar surface area (TPSA) is 46.2 Å². The summed E-state index contributed by atoms with van der Waals surface area (Å²) in [6.45, 7) is 2.93. The molecule has 16 heavy (non-hydrogen) atoms. The molecule has 1 aromatic heterocycles. The molecule has 1 aliphatic rings. The van der Waals surface area contributed by atoms with Gasteiger partial charge in [0.1, 0.15) is 0 Å². The number of hydrogen-bond donors (Lipinski definition) is 1. The molecule has 2 atom stereocenters. The van der Waals surface area contributed by atoms with Gasteiger partial charge in [0.2, 0.25) is 0 Å². The fourth-order valence-electron chi connectivity index (χ4n) is 2.27. The smallest absolute Gasteiger partial charge is 0.150 e. The Morgan fingerprint density at radius 3 is 2.94 bits per heavy atom. The van der Waals surface area contributed by atoms with Crippen LogP contribution in [-0.4, -0.2) is 26.5 Å². The number of sulfone groups is 1. The van der Waals surface area contributed by atoms with Crippen molar-refractivity contribution in [2.75, 3.05) is 18.1 Å². The second-order valence-corrected chi connectivity index (χ2v) is 7.42. The van der Waals surface area contributed by atoms with Gasteiger partial charge in [-0.1, -0.05) is 13.0 Å². The molecule has 0 saturated carbocycles. The van der Waals surface area contributed by atoms with E-state index in [0.717, 1.165) is 13.0 Å². The Labute approximate surface area is 101 Å². The van der Waals surface area contributed by atoms with E-state index in [4.69, 9.17) is 0 Å². The summed E-state index contributed by atoms with van der Waals surface area (Å²) in [5.41, 5.74) is 0. The number of rotatable bonds is 4. The van der Waals surface area contributed by atoms with Crippen LogP contribution in [0.5, 0.6) is 0 Å². The average molecular weight is 259 g/mol. The lowest BCUT2D eigenvalue weighted by molar-refractivity contribution is 0.406. The monoisotopic (exact) mass is 259 g/mol. The first kappa shape index (κ1) is 12.1. The molecule has 1 saturated heterocycles. The molecule has 2 rings (SSSR count). The van der Waals surface area contributed by atoms with Crippen LogP contribution in [0.3, 0.4) is 0 Å². The van der Waals surface area contributed by atoms with Crippen molar-refractivity contribution in [3.63, 3.8) is 0 Å². The van der Waals surface area contributed by atoms with Crippen LogP contribution in [0, 0.1) is 5.92 Å². The van der Waals surface area contributed by atoms with Gasteiger partial charge in [0.15, 0.2) is 9.84 Å². The van der Waals surface area contributed by atoms with Gasteiger partial charge in [-0.3, -0.25) is 0 Å².